The lowest BCUT2D eigenvalue weighted by Crippen LogP contribution is -2.23. The Labute approximate surface area is 236 Å². The van der Waals surface area contributed by atoms with E-state index in [0.29, 0.717) is 45.4 Å². The second-order valence-electron chi connectivity index (χ2n) is 9.02. The Morgan fingerprint density at radius 3 is 2.67 bits per heavy atom. The molecule has 2 atom stereocenters. The molecule has 0 fully saturated rings. The van der Waals surface area contributed by atoms with Crippen LogP contribution in [0.15, 0.2) is 66.1 Å². The molecule has 10 nitrogen and oxygen atoms in total. The van der Waals surface area contributed by atoms with Crippen molar-refractivity contribution < 1.29 is 33.6 Å². The number of nitrogens with zero attached hydrogens (tertiary/aromatic N) is 3. The van der Waals surface area contributed by atoms with Gasteiger partial charge in [-0.3, -0.25) is 9.59 Å². The summed E-state index contributed by atoms with van der Waals surface area (Å²) in [6, 6.07) is 12.3. The van der Waals surface area contributed by atoms with Crippen LogP contribution < -0.4 is 14.2 Å². The number of methoxy groups -OCH3 is 2. The highest BCUT2D eigenvalue weighted by molar-refractivity contribution is 8.15. The van der Waals surface area contributed by atoms with E-state index in [9.17, 15) is 14.7 Å². The fourth-order valence-electron chi connectivity index (χ4n) is 4.04. The maximum absolute atomic E-state index is 12.8. The number of para-hydroxylation sites is 1. The second-order valence-corrected chi connectivity index (χ2v) is 10.3. The summed E-state index contributed by atoms with van der Waals surface area (Å²) in [7, 11) is 3.05. The van der Waals surface area contributed by atoms with Gasteiger partial charge in [-0.2, -0.15) is 0 Å². The molecule has 0 amide bonds. The monoisotopic (exact) mass is 565 g/mol. The van der Waals surface area contributed by atoms with Gasteiger partial charge in [0.05, 0.1) is 37.8 Å². The van der Waals surface area contributed by atoms with Crippen molar-refractivity contribution in [2.45, 2.75) is 38.4 Å². The van der Waals surface area contributed by atoms with E-state index in [4.69, 9.17) is 18.9 Å². The second kappa shape index (κ2) is 13.3. The van der Waals surface area contributed by atoms with Crippen LogP contribution >= 0.6 is 11.8 Å². The molecule has 0 radical (unpaired) electrons. The van der Waals surface area contributed by atoms with Crippen molar-refractivity contribution in [3.8, 4) is 17.2 Å². The molecule has 0 spiro atoms. The van der Waals surface area contributed by atoms with Gasteiger partial charge in [0.25, 0.3) is 0 Å². The summed E-state index contributed by atoms with van der Waals surface area (Å²) >= 11 is 1.21. The fraction of sp³-hybridized carbons (Fsp3) is 0.310. The van der Waals surface area contributed by atoms with E-state index in [1.807, 2.05) is 25.1 Å². The Kier molecular flexibility index (Phi) is 9.62. The number of aliphatic hydroxyl groups excluding tert-OH is 1. The zero-order valence-corrected chi connectivity index (χ0v) is 23.5. The van der Waals surface area contributed by atoms with Gasteiger partial charge in [-0.05, 0) is 44.2 Å². The summed E-state index contributed by atoms with van der Waals surface area (Å²) in [4.78, 5) is 24.6. The molecule has 1 aliphatic heterocycles. The van der Waals surface area contributed by atoms with Crippen LogP contribution in [0.5, 0.6) is 17.2 Å². The summed E-state index contributed by atoms with van der Waals surface area (Å²) in [5.41, 5.74) is 2.28. The molecular formula is C29H31N3O7S. The Hall–Kier alpha value is -4.09. The lowest BCUT2D eigenvalue weighted by atomic mass is 10.1. The topological polar surface area (TPSA) is 122 Å². The third-order valence-electron chi connectivity index (χ3n) is 6.13. The summed E-state index contributed by atoms with van der Waals surface area (Å²) in [5, 5.41) is 18.5. The maximum Gasteiger partial charge on any atom is 0.219 e. The van der Waals surface area contributed by atoms with Gasteiger partial charge in [-0.25, -0.2) is 4.68 Å². The molecular weight excluding hydrogens is 534 g/mol. The van der Waals surface area contributed by atoms with Crippen molar-refractivity contribution in [2.24, 2.45) is 0 Å². The Morgan fingerprint density at radius 2 is 1.95 bits per heavy atom. The first kappa shape index (κ1) is 28.9. The molecule has 2 unspecified atom stereocenters. The van der Waals surface area contributed by atoms with E-state index < -0.39 is 6.10 Å². The van der Waals surface area contributed by atoms with Crippen molar-refractivity contribution in [1.82, 2.24) is 15.0 Å². The minimum Gasteiger partial charge on any atom is -0.497 e. The highest BCUT2D eigenvalue weighted by Crippen LogP contribution is 2.34. The van der Waals surface area contributed by atoms with Gasteiger partial charge < -0.3 is 24.1 Å². The molecule has 40 heavy (non-hydrogen) atoms. The summed E-state index contributed by atoms with van der Waals surface area (Å²) in [5.74, 6) is 1.98. The highest BCUT2D eigenvalue weighted by Gasteiger charge is 2.29. The van der Waals surface area contributed by atoms with E-state index in [1.165, 1.54) is 29.6 Å². The molecule has 0 saturated carbocycles. The van der Waals surface area contributed by atoms with E-state index in [0.717, 1.165) is 0 Å². The number of aliphatic hydroxyl groups is 1. The van der Waals surface area contributed by atoms with Crippen molar-refractivity contribution in [1.29, 1.82) is 0 Å². The first-order chi connectivity index (χ1) is 19.3. The number of aromatic nitrogens is 3. The van der Waals surface area contributed by atoms with Crippen molar-refractivity contribution in [2.75, 3.05) is 20.8 Å². The molecule has 1 aliphatic rings. The molecule has 0 saturated heterocycles. The largest absolute Gasteiger partial charge is 0.497 e. The van der Waals surface area contributed by atoms with Crippen LogP contribution in [-0.4, -0.2) is 63.2 Å². The number of ketones is 1. The maximum atomic E-state index is 12.8. The molecule has 0 bridgehead atoms. The highest BCUT2D eigenvalue weighted by atomic mass is 32.2. The van der Waals surface area contributed by atoms with Crippen LogP contribution in [0.4, 0.5) is 0 Å². The molecule has 3 aromatic rings. The standard InChI is InChI=1S/C29H31N3O7S/c1-18-28(19(2)40-29(18)35)39-17-22(33)15-32-14-21(30-31-32)16-38-26-8-6-5-7-20(26)9-12-25(34)24-11-10-23(36-3)13-27(24)37-4/h5-14,19,22,33H,15-17H2,1-4H3/b12-9+. The number of rotatable bonds is 13. The van der Waals surface area contributed by atoms with E-state index in [2.05, 4.69) is 10.3 Å². The number of ether oxygens (including phenoxy) is 4. The van der Waals surface area contributed by atoms with E-state index >= 15 is 0 Å². The molecule has 2 heterocycles. The van der Waals surface area contributed by atoms with Gasteiger partial charge in [0, 0.05) is 17.2 Å². The average molecular weight is 566 g/mol. The van der Waals surface area contributed by atoms with Gasteiger partial charge in [0.15, 0.2) is 5.78 Å². The predicted octanol–water partition coefficient (Wildman–Crippen LogP) is 4.08. The van der Waals surface area contributed by atoms with Crippen molar-refractivity contribution in [3.05, 3.63) is 82.9 Å². The SMILES string of the molecule is COc1ccc(C(=O)/C=C/c2ccccc2OCc2cn(CC(O)COC3=C(C)C(=O)SC3C)nn2)c(OC)c1. The summed E-state index contributed by atoms with van der Waals surface area (Å²) < 4.78 is 23.7. The van der Waals surface area contributed by atoms with Gasteiger partial charge in [-0.15, -0.1) is 5.10 Å². The Balaban J connectivity index is 1.33. The third-order valence-corrected chi connectivity index (χ3v) is 7.21. The number of benzene rings is 2. The number of carbonyl (C=O) groups is 2. The first-order valence-corrected chi connectivity index (χ1v) is 13.4. The molecule has 1 N–H and O–H groups in total. The van der Waals surface area contributed by atoms with Gasteiger partial charge in [0.1, 0.15) is 48.0 Å². The number of carbonyl (C=O) groups excluding carboxylic acids is 2. The fourth-order valence-corrected chi connectivity index (χ4v) is 4.99. The molecule has 210 valence electrons. The smallest absolute Gasteiger partial charge is 0.219 e. The molecule has 0 aliphatic carbocycles. The number of allylic oxidation sites excluding steroid dienone is 1. The normalized spacial score (nSPS) is 15.9. The predicted molar refractivity (Wildman–Crippen MR) is 150 cm³/mol. The van der Waals surface area contributed by atoms with E-state index in [-0.39, 0.29) is 35.9 Å². The zero-order valence-electron chi connectivity index (χ0n) is 22.7. The third kappa shape index (κ3) is 7.10. The lowest BCUT2D eigenvalue weighted by molar-refractivity contribution is -0.107. The quantitative estimate of drug-likeness (QED) is 0.240. The van der Waals surface area contributed by atoms with Gasteiger partial charge >= 0.3 is 0 Å². The van der Waals surface area contributed by atoms with Crippen molar-refractivity contribution >= 4 is 28.7 Å². The van der Waals surface area contributed by atoms with Crippen molar-refractivity contribution in [3.63, 3.8) is 0 Å². The molecule has 4 rings (SSSR count). The van der Waals surface area contributed by atoms with Crippen LogP contribution in [-0.2, 0) is 22.7 Å². The van der Waals surface area contributed by atoms with Gasteiger partial charge in [-0.1, -0.05) is 35.2 Å². The van der Waals surface area contributed by atoms with Crippen LogP contribution in [0.2, 0.25) is 0 Å². The number of hydrogen-bond acceptors (Lipinski definition) is 10. The van der Waals surface area contributed by atoms with Crippen LogP contribution in [0, 0.1) is 0 Å². The molecule has 2 aromatic carbocycles. The zero-order chi connectivity index (χ0) is 28.6. The van der Waals surface area contributed by atoms with Crippen LogP contribution in [0.1, 0.15) is 35.5 Å². The number of thioether (sulfide) groups is 1. The Bertz CT molecular complexity index is 1430. The average Bonchev–Trinajstić information content (AvgIpc) is 3.51. The van der Waals surface area contributed by atoms with Gasteiger partial charge in [0.2, 0.25) is 5.12 Å². The number of hydrogen-bond donors (Lipinski definition) is 1. The van der Waals surface area contributed by atoms with E-state index in [1.54, 1.807) is 50.6 Å². The minimum absolute atomic E-state index is 0.000887. The molecule has 1 aromatic heterocycles. The Morgan fingerprint density at radius 1 is 1.15 bits per heavy atom. The summed E-state index contributed by atoms with van der Waals surface area (Å²) in [6.07, 6.45) is 3.99. The van der Waals surface area contributed by atoms with Crippen LogP contribution in [0.25, 0.3) is 6.08 Å². The van der Waals surface area contributed by atoms with Crippen LogP contribution in [0.3, 0.4) is 0 Å². The minimum atomic E-state index is -0.837. The molecule has 11 heteroatoms. The lowest BCUT2D eigenvalue weighted by Gasteiger charge is -2.15. The summed E-state index contributed by atoms with van der Waals surface area (Å²) in [6.45, 7) is 3.98. The first-order valence-electron chi connectivity index (χ1n) is 12.6.